The van der Waals surface area contributed by atoms with Gasteiger partial charge in [0.05, 0.1) is 0 Å². The molecule has 1 aromatic carbocycles. The molecule has 0 unspecified atom stereocenters. The third-order valence-corrected chi connectivity index (χ3v) is 2.39. The van der Waals surface area contributed by atoms with Crippen molar-refractivity contribution in [1.82, 2.24) is 0 Å². The minimum atomic E-state index is 0.115. The molecular weight excluding hydrogens is 188 g/mol. The van der Waals surface area contributed by atoms with Gasteiger partial charge in [-0.15, -0.1) is 0 Å². The molecule has 82 valence electrons. The van der Waals surface area contributed by atoms with Gasteiger partial charge < -0.3 is 10.6 Å². The Labute approximate surface area is 90.9 Å². The molecule has 0 atom stereocenters. The first-order valence-corrected chi connectivity index (χ1v) is 5.18. The average Bonchev–Trinajstić information content (AvgIpc) is 2.26. The maximum absolute atomic E-state index is 11.7. The molecule has 1 rings (SSSR count). The van der Waals surface area contributed by atoms with E-state index in [9.17, 15) is 4.79 Å². The minimum Gasteiger partial charge on any atom is -0.330 e. The van der Waals surface area contributed by atoms with Crippen LogP contribution in [0.15, 0.2) is 24.3 Å². The van der Waals surface area contributed by atoms with E-state index in [-0.39, 0.29) is 5.91 Å². The lowest BCUT2D eigenvalue weighted by Crippen LogP contribution is -2.26. The molecular formula is C12H18N2O. The van der Waals surface area contributed by atoms with E-state index >= 15 is 0 Å². The van der Waals surface area contributed by atoms with Gasteiger partial charge in [0, 0.05) is 19.2 Å². The second-order valence-corrected chi connectivity index (χ2v) is 3.68. The van der Waals surface area contributed by atoms with E-state index < -0.39 is 0 Å². The van der Waals surface area contributed by atoms with Crippen LogP contribution in [0.25, 0.3) is 0 Å². The Bertz CT molecular complexity index is 319. The summed E-state index contributed by atoms with van der Waals surface area (Å²) in [6.45, 7) is 2.59. The third-order valence-electron chi connectivity index (χ3n) is 2.39. The maximum Gasteiger partial charge on any atom is 0.226 e. The van der Waals surface area contributed by atoms with E-state index in [0.29, 0.717) is 13.0 Å². The summed E-state index contributed by atoms with van der Waals surface area (Å²) in [6.07, 6.45) is 1.26. The standard InChI is InChI=1S/C12H18N2O/c1-10-5-7-11(8-6-10)14(2)12(15)4-3-9-13/h5-8H,3-4,9,13H2,1-2H3. The first kappa shape index (κ1) is 11.7. The molecule has 0 aliphatic rings. The van der Waals surface area contributed by atoms with Crippen LogP contribution in [-0.2, 0) is 4.79 Å². The van der Waals surface area contributed by atoms with Crippen molar-refractivity contribution in [2.75, 3.05) is 18.5 Å². The number of benzene rings is 1. The monoisotopic (exact) mass is 206 g/mol. The van der Waals surface area contributed by atoms with Crippen LogP contribution in [0.1, 0.15) is 18.4 Å². The molecule has 0 saturated heterocycles. The van der Waals surface area contributed by atoms with Gasteiger partial charge in [-0.2, -0.15) is 0 Å². The molecule has 0 radical (unpaired) electrons. The third kappa shape index (κ3) is 3.36. The van der Waals surface area contributed by atoms with E-state index in [0.717, 1.165) is 12.1 Å². The Morgan fingerprint density at radius 2 is 1.93 bits per heavy atom. The summed E-state index contributed by atoms with van der Waals surface area (Å²) in [4.78, 5) is 13.3. The lowest BCUT2D eigenvalue weighted by molar-refractivity contribution is -0.118. The number of carbonyl (C=O) groups excluding carboxylic acids is 1. The van der Waals surface area contributed by atoms with Gasteiger partial charge in [0.25, 0.3) is 0 Å². The largest absolute Gasteiger partial charge is 0.330 e. The zero-order chi connectivity index (χ0) is 11.3. The summed E-state index contributed by atoms with van der Waals surface area (Å²) in [5.74, 6) is 0.115. The fourth-order valence-corrected chi connectivity index (χ4v) is 1.33. The molecule has 1 amide bonds. The van der Waals surface area contributed by atoms with Crippen LogP contribution in [0.3, 0.4) is 0 Å². The molecule has 15 heavy (non-hydrogen) atoms. The summed E-state index contributed by atoms with van der Waals surface area (Å²) >= 11 is 0. The number of aryl methyl sites for hydroxylation is 1. The van der Waals surface area contributed by atoms with Crippen LogP contribution < -0.4 is 10.6 Å². The Morgan fingerprint density at radius 3 is 2.47 bits per heavy atom. The molecule has 3 heteroatoms. The molecule has 2 N–H and O–H groups in total. The summed E-state index contributed by atoms with van der Waals surface area (Å²) in [7, 11) is 1.80. The lowest BCUT2D eigenvalue weighted by atomic mass is 10.2. The van der Waals surface area contributed by atoms with Gasteiger partial charge in [0.2, 0.25) is 5.91 Å². The van der Waals surface area contributed by atoms with Crippen molar-refractivity contribution < 1.29 is 4.79 Å². The van der Waals surface area contributed by atoms with E-state index in [1.165, 1.54) is 5.56 Å². The van der Waals surface area contributed by atoms with Gasteiger partial charge in [0.15, 0.2) is 0 Å². The average molecular weight is 206 g/mol. The molecule has 0 spiro atoms. The quantitative estimate of drug-likeness (QED) is 0.815. The van der Waals surface area contributed by atoms with Crippen molar-refractivity contribution in [2.45, 2.75) is 19.8 Å². The highest BCUT2D eigenvalue weighted by atomic mass is 16.2. The van der Waals surface area contributed by atoms with Gasteiger partial charge in [-0.3, -0.25) is 4.79 Å². The first-order valence-electron chi connectivity index (χ1n) is 5.18. The predicted octanol–water partition coefficient (Wildman–Crippen LogP) is 1.70. The molecule has 0 heterocycles. The number of anilines is 1. The minimum absolute atomic E-state index is 0.115. The number of carbonyl (C=O) groups is 1. The normalized spacial score (nSPS) is 10.1. The second kappa shape index (κ2) is 5.51. The van der Waals surface area contributed by atoms with E-state index in [1.807, 2.05) is 31.2 Å². The van der Waals surface area contributed by atoms with Crippen molar-refractivity contribution in [1.29, 1.82) is 0 Å². The van der Waals surface area contributed by atoms with Crippen LogP contribution in [0.5, 0.6) is 0 Å². The van der Waals surface area contributed by atoms with Gasteiger partial charge in [-0.1, -0.05) is 17.7 Å². The molecule has 0 aromatic heterocycles. The van der Waals surface area contributed by atoms with Gasteiger partial charge >= 0.3 is 0 Å². The predicted molar refractivity (Wildman–Crippen MR) is 62.9 cm³/mol. The van der Waals surface area contributed by atoms with Crippen molar-refractivity contribution in [3.63, 3.8) is 0 Å². The van der Waals surface area contributed by atoms with Crippen LogP contribution in [0.2, 0.25) is 0 Å². The number of nitrogens with two attached hydrogens (primary N) is 1. The van der Waals surface area contributed by atoms with E-state index in [4.69, 9.17) is 5.73 Å². The Kier molecular flexibility index (Phi) is 4.31. The van der Waals surface area contributed by atoms with Gasteiger partial charge in [-0.05, 0) is 32.0 Å². The molecule has 3 nitrogen and oxygen atoms in total. The molecule has 0 aliphatic heterocycles. The summed E-state index contributed by atoms with van der Waals surface area (Å²) in [5.41, 5.74) is 7.49. The summed E-state index contributed by atoms with van der Waals surface area (Å²) in [6, 6.07) is 7.91. The molecule has 0 bridgehead atoms. The first-order chi connectivity index (χ1) is 7.15. The van der Waals surface area contributed by atoms with E-state index in [1.54, 1.807) is 11.9 Å². The zero-order valence-corrected chi connectivity index (χ0v) is 9.36. The van der Waals surface area contributed by atoms with Crippen LogP contribution in [-0.4, -0.2) is 19.5 Å². The SMILES string of the molecule is Cc1ccc(N(C)C(=O)CCCN)cc1. The van der Waals surface area contributed by atoms with Crippen molar-refractivity contribution in [2.24, 2.45) is 5.73 Å². The van der Waals surface area contributed by atoms with Crippen LogP contribution >= 0.6 is 0 Å². The smallest absolute Gasteiger partial charge is 0.226 e. The zero-order valence-electron chi connectivity index (χ0n) is 9.36. The summed E-state index contributed by atoms with van der Waals surface area (Å²) in [5, 5.41) is 0. The van der Waals surface area contributed by atoms with Crippen LogP contribution in [0.4, 0.5) is 5.69 Å². The molecule has 0 fully saturated rings. The summed E-state index contributed by atoms with van der Waals surface area (Å²) < 4.78 is 0. The number of hydrogen-bond acceptors (Lipinski definition) is 2. The lowest BCUT2D eigenvalue weighted by Gasteiger charge is -2.17. The van der Waals surface area contributed by atoms with Crippen molar-refractivity contribution >= 4 is 11.6 Å². The van der Waals surface area contributed by atoms with Crippen LogP contribution in [0, 0.1) is 6.92 Å². The molecule has 0 saturated carbocycles. The van der Waals surface area contributed by atoms with E-state index in [2.05, 4.69) is 0 Å². The fraction of sp³-hybridized carbons (Fsp3) is 0.417. The number of hydrogen-bond donors (Lipinski definition) is 1. The Balaban J connectivity index is 2.63. The maximum atomic E-state index is 11.7. The number of amides is 1. The van der Waals surface area contributed by atoms with Gasteiger partial charge in [0.1, 0.15) is 0 Å². The highest BCUT2D eigenvalue weighted by Gasteiger charge is 2.09. The topological polar surface area (TPSA) is 46.3 Å². The second-order valence-electron chi connectivity index (χ2n) is 3.68. The van der Waals surface area contributed by atoms with Gasteiger partial charge in [-0.25, -0.2) is 0 Å². The highest BCUT2D eigenvalue weighted by Crippen LogP contribution is 2.14. The number of nitrogens with zero attached hydrogens (tertiary/aromatic N) is 1. The Morgan fingerprint density at radius 1 is 1.33 bits per heavy atom. The van der Waals surface area contributed by atoms with Crippen molar-refractivity contribution in [3.05, 3.63) is 29.8 Å². The Hall–Kier alpha value is -1.35. The fourth-order valence-electron chi connectivity index (χ4n) is 1.33. The van der Waals surface area contributed by atoms with Crippen molar-refractivity contribution in [3.8, 4) is 0 Å². The number of rotatable bonds is 4. The highest BCUT2D eigenvalue weighted by molar-refractivity contribution is 5.92. The molecule has 1 aromatic rings. The molecule has 0 aliphatic carbocycles.